The van der Waals surface area contributed by atoms with Crippen LogP contribution in [0.1, 0.15) is 54.1 Å². The van der Waals surface area contributed by atoms with Gasteiger partial charge in [0.25, 0.3) is 0 Å². The lowest BCUT2D eigenvalue weighted by molar-refractivity contribution is 0.590. The van der Waals surface area contributed by atoms with Crippen molar-refractivity contribution in [1.29, 1.82) is 0 Å². The van der Waals surface area contributed by atoms with Gasteiger partial charge in [-0.15, -0.1) is 0 Å². The Labute approximate surface area is 154 Å². The van der Waals surface area contributed by atoms with Crippen molar-refractivity contribution in [3.05, 3.63) is 65.3 Å². The molecule has 3 rings (SSSR count). The van der Waals surface area contributed by atoms with E-state index in [0.717, 1.165) is 28.5 Å². The third-order valence-electron chi connectivity index (χ3n) is 4.56. The van der Waals surface area contributed by atoms with Gasteiger partial charge in [0, 0.05) is 17.1 Å². The summed E-state index contributed by atoms with van der Waals surface area (Å²) in [5.74, 6) is 0.555. The topological polar surface area (TPSA) is 12.9 Å². The van der Waals surface area contributed by atoms with E-state index >= 15 is 0 Å². The Morgan fingerprint density at radius 2 is 1.84 bits per heavy atom. The minimum Gasteiger partial charge on any atom is -0.256 e. The zero-order valence-electron chi connectivity index (χ0n) is 18.2. The molecular weight excluding hydrogens is 302 g/mol. The number of aromatic nitrogens is 1. The molecular formula is C24H29N. The number of rotatable bonds is 3. The van der Waals surface area contributed by atoms with E-state index in [2.05, 4.69) is 82.9 Å². The molecule has 2 aromatic carbocycles. The fraction of sp³-hybridized carbons (Fsp3) is 0.375. The summed E-state index contributed by atoms with van der Waals surface area (Å²) in [5.41, 5.74) is 5.52. The van der Waals surface area contributed by atoms with Crippen LogP contribution in [0.15, 0.2) is 48.6 Å². The minimum atomic E-state index is 0.0398. The highest BCUT2D eigenvalue weighted by Gasteiger charge is 2.16. The Morgan fingerprint density at radius 3 is 2.52 bits per heavy atom. The maximum absolute atomic E-state index is 8.36. The summed E-state index contributed by atoms with van der Waals surface area (Å²) in [4.78, 5) is 4.51. The number of pyridine rings is 1. The summed E-state index contributed by atoms with van der Waals surface area (Å²) in [5, 5.41) is 1.77. The monoisotopic (exact) mass is 333 g/mol. The van der Waals surface area contributed by atoms with E-state index in [0.29, 0.717) is 5.92 Å². The largest absolute Gasteiger partial charge is 0.256 e. The van der Waals surface area contributed by atoms with Gasteiger partial charge >= 0.3 is 0 Å². The van der Waals surface area contributed by atoms with E-state index in [1.807, 2.05) is 0 Å². The lowest BCUT2D eigenvalue weighted by Crippen LogP contribution is -2.11. The highest BCUT2D eigenvalue weighted by molar-refractivity contribution is 5.95. The van der Waals surface area contributed by atoms with Crippen molar-refractivity contribution in [2.75, 3.05) is 0 Å². The molecule has 0 aliphatic heterocycles. The van der Waals surface area contributed by atoms with Gasteiger partial charge < -0.3 is 0 Å². The predicted molar refractivity (Wildman–Crippen MR) is 109 cm³/mol. The average Bonchev–Trinajstić information content (AvgIpc) is 2.56. The Kier molecular flexibility index (Phi) is 4.01. The van der Waals surface area contributed by atoms with Crippen molar-refractivity contribution in [2.24, 2.45) is 5.92 Å². The normalized spacial score (nSPS) is 13.2. The Hall–Kier alpha value is -2.15. The molecule has 0 atom stereocenters. The maximum Gasteiger partial charge on any atom is 0.0840 e. The lowest BCUT2D eigenvalue weighted by atomic mass is 9.84. The number of aryl methyl sites for hydroxylation is 1. The Bertz CT molecular complexity index is 997. The van der Waals surface area contributed by atoms with Gasteiger partial charge in [0.05, 0.1) is 8.44 Å². The van der Waals surface area contributed by atoms with Crippen molar-refractivity contribution < 1.29 is 2.74 Å². The van der Waals surface area contributed by atoms with E-state index in [4.69, 9.17) is 2.74 Å². The predicted octanol–water partition coefficient (Wildman–Crippen LogP) is 6.71. The molecule has 1 aromatic heterocycles. The molecule has 0 saturated carbocycles. The third kappa shape index (κ3) is 3.92. The third-order valence-corrected chi connectivity index (χ3v) is 4.56. The second-order valence-electron chi connectivity index (χ2n) is 8.51. The minimum absolute atomic E-state index is 0.0398. The van der Waals surface area contributed by atoms with Gasteiger partial charge in [-0.25, -0.2) is 0 Å². The van der Waals surface area contributed by atoms with Crippen molar-refractivity contribution in [3.8, 4) is 11.3 Å². The first-order valence-electron chi connectivity index (χ1n) is 10.1. The standard InChI is InChI=1S/C24H29N/c1-16(2)11-18-7-8-22-19(14-18)9-10-25-23(22)20-12-17(3)13-21(15-20)24(4,5)6/h7-10,12-16H,11H2,1-6H3/i9D,10D. The van der Waals surface area contributed by atoms with Gasteiger partial charge in [-0.1, -0.05) is 64.4 Å². The summed E-state index contributed by atoms with van der Waals surface area (Å²) >= 11 is 0. The van der Waals surface area contributed by atoms with Crippen LogP contribution in [-0.4, -0.2) is 4.98 Å². The highest BCUT2D eigenvalue weighted by Crippen LogP contribution is 2.32. The molecule has 0 unspecified atom stereocenters. The molecule has 130 valence electrons. The summed E-state index contributed by atoms with van der Waals surface area (Å²) in [6.07, 6.45) is 1.01. The fourth-order valence-corrected chi connectivity index (χ4v) is 3.28. The van der Waals surface area contributed by atoms with Gasteiger partial charge in [-0.05, 0) is 59.4 Å². The number of nitrogens with zero attached hydrogens (tertiary/aromatic N) is 1. The summed E-state index contributed by atoms with van der Waals surface area (Å²) in [7, 11) is 0. The molecule has 25 heavy (non-hydrogen) atoms. The van der Waals surface area contributed by atoms with E-state index in [1.54, 1.807) is 0 Å². The van der Waals surface area contributed by atoms with E-state index in [1.165, 1.54) is 16.7 Å². The van der Waals surface area contributed by atoms with Gasteiger partial charge in [0.1, 0.15) is 0 Å². The molecule has 1 heteroatoms. The van der Waals surface area contributed by atoms with Gasteiger partial charge in [-0.2, -0.15) is 0 Å². The van der Waals surface area contributed by atoms with Crippen LogP contribution in [0.2, 0.25) is 0 Å². The van der Waals surface area contributed by atoms with Gasteiger partial charge in [0.2, 0.25) is 0 Å². The van der Waals surface area contributed by atoms with Crippen LogP contribution >= 0.6 is 0 Å². The van der Waals surface area contributed by atoms with Gasteiger partial charge in [-0.3, -0.25) is 4.98 Å². The van der Waals surface area contributed by atoms with Crippen molar-refractivity contribution in [3.63, 3.8) is 0 Å². The van der Waals surface area contributed by atoms with Crippen LogP contribution in [0.4, 0.5) is 0 Å². The lowest BCUT2D eigenvalue weighted by Gasteiger charge is -2.21. The molecule has 1 heterocycles. The molecule has 0 radical (unpaired) electrons. The first kappa shape index (κ1) is 15.1. The van der Waals surface area contributed by atoms with E-state index < -0.39 is 0 Å². The fourth-order valence-electron chi connectivity index (χ4n) is 3.28. The van der Waals surface area contributed by atoms with E-state index in [-0.39, 0.29) is 17.6 Å². The zero-order chi connectivity index (χ0) is 19.9. The first-order chi connectivity index (χ1) is 12.6. The molecule has 0 aliphatic rings. The quantitative estimate of drug-likeness (QED) is 0.519. The summed E-state index contributed by atoms with van der Waals surface area (Å²) < 4.78 is 16.6. The zero-order valence-corrected chi connectivity index (χ0v) is 16.2. The molecule has 3 aromatic rings. The molecule has 0 bridgehead atoms. The van der Waals surface area contributed by atoms with Gasteiger partial charge in [0.15, 0.2) is 0 Å². The summed E-state index contributed by atoms with van der Waals surface area (Å²) in [6, 6.07) is 13.0. The number of fused-ring (bicyclic) bond motifs is 1. The molecule has 0 aliphatic carbocycles. The molecule has 0 amide bonds. The van der Waals surface area contributed by atoms with Crippen LogP contribution < -0.4 is 0 Å². The van der Waals surface area contributed by atoms with E-state index in [9.17, 15) is 0 Å². The molecule has 0 N–H and O–H groups in total. The first-order valence-corrected chi connectivity index (χ1v) is 9.08. The van der Waals surface area contributed by atoms with Crippen LogP contribution in [0.5, 0.6) is 0 Å². The number of benzene rings is 2. The second kappa shape index (κ2) is 6.63. The highest BCUT2D eigenvalue weighted by atomic mass is 14.7. The molecule has 0 fully saturated rings. The van der Waals surface area contributed by atoms with Crippen molar-refractivity contribution >= 4 is 10.8 Å². The second-order valence-corrected chi connectivity index (χ2v) is 8.51. The summed E-state index contributed by atoms with van der Waals surface area (Å²) in [6.45, 7) is 13.1. The van der Waals surface area contributed by atoms with Crippen molar-refractivity contribution in [2.45, 2.75) is 53.4 Å². The Balaban J connectivity index is 2.27. The molecule has 0 saturated heterocycles. The Morgan fingerprint density at radius 1 is 1.08 bits per heavy atom. The average molecular weight is 334 g/mol. The van der Waals surface area contributed by atoms with Crippen LogP contribution in [0, 0.1) is 12.8 Å². The molecule has 0 spiro atoms. The molecule has 1 nitrogen and oxygen atoms in total. The number of hydrogen-bond acceptors (Lipinski definition) is 1. The van der Waals surface area contributed by atoms with Crippen LogP contribution in [0.3, 0.4) is 0 Å². The number of hydrogen-bond donors (Lipinski definition) is 0. The van der Waals surface area contributed by atoms with Crippen LogP contribution in [-0.2, 0) is 11.8 Å². The maximum atomic E-state index is 8.36. The van der Waals surface area contributed by atoms with Crippen LogP contribution in [0.25, 0.3) is 22.0 Å². The smallest absolute Gasteiger partial charge is 0.0840 e. The van der Waals surface area contributed by atoms with Crippen molar-refractivity contribution in [1.82, 2.24) is 4.98 Å². The SMILES string of the molecule is [2H]c1nc(-c2cc(C)cc(C(C)(C)C)c2)c2ccc(CC(C)C)cc2c1[2H].